The van der Waals surface area contributed by atoms with Gasteiger partial charge in [-0.05, 0) is 24.3 Å². The molecule has 0 radical (unpaired) electrons. The van der Waals surface area contributed by atoms with Crippen LogP contribution in [0.5, 0.6) is 11.5 Å². The number of para-hydroxylation sites is 2. The number of hydrogen-bond donors (Lipinski definition) is 0. The van der Waals surface area contributed by atoms with Crippen molar-refractivity contribution in [2.24, 2.45) is 0 Å². The standard InChI is InChI=1S/C25H22N2O4/c1-29-22-15-9-14-21(24(22)30-2)25(28)31-17-19-16-27(20-12-7-4-8-13-20)26-23(19)18-10-5-3-6-11-18/h3-16H,17H2,1-2H3. The Labute approximate surface area is 180 Å². The number of carbonyl (C=O) groups is 1. The zero-order valence-electron chi connectivity index (χ0n) is 17.3. The van der Waals surface area contributed by atoms with E-state index in [0.29, 0.717) is 17.1 Å². The van der Waals surface area contributed by atoms with Gasteiger partial charge in [-0.2, -0.15) is 5.10 Å². The van der Waals surface area contributed by atoms with E-state index in [1.807, 2.05) is 66.9 Å². The number of hydrogen-bond acceptors (Lipinski definition) is 5. The van der Waals surface area contributed by atoms with Crippen molar-refractivity contribution in [2.45, 2.75) is 6.61 Å². The molecule has 0 bridgehead atoms. The van der Waals surface area contributed by atoms with Crippen molar-refractivity contribution >= 4 is 5.97 Å². The van der Waals surface area contributed by atoms with Gasteiger partial charge >= 0.3 is 5.97 Å². The average Bonchev–Trinajstić information content (AvgIpc) is 3.27. The number of esters is 1. The quantitative estimate of drug-likeness (QED) is 0.402. The Morgan fingerprint density at radius 1 is 0.871 bits per heavy atom. The van der Waals surface area contributed by atoms with Crippen LogP contribution in [0.25, 0.3) is 16.9 Å². The Hall–Kier alpha value is -4.06. The van der Waals surface area contributed by atoms with E-state index in [-0.39, 0.29) is 6.61 Å². The molecule has 6 nitrogen and oxygen atoms in total. The van der Waals surface area contributed by atoms with Crippen LogP contribution in [0.2, 0.25) is 0 Å². The lowest BCUT2D eigenvalue weighted by Gasteiger charge is -2.12. The maximum atomic E-state index is 12.8. The number of ether oxygens (including phenoxy) is 3. The summed E-state index contributed by atoms with van der Waals surface area (Å²) in [5.74, 6) is 0.319. The van der Waals surface area contributed by atoms with Gasteiger partial charge < -0.3 is 14.2 Å². The van der Waals surface area contributed by atoms with Gasteiger partial charge in [0.2, 0.25) is 0 Å². The normalized spacial score (nSPS) is 10.5. The number of rotatable bonds is 7. The van der Waals surface area contributed by atoms with Crippen LogP contribution in [0.1, 0.15) is 15.9 Å². The highest BCUT2D eigenvalue weighted by atomic mass is 16.5. The summed E-state index contributed by atoms with van der Waals surface area (Å²) < 4.78 is 18.1. The molecule has 1 heterocycles. The molecule has 0 fully saturated rings. The highest BCUT2D eigenvalue weighted by Crippen LogP contribution is 2.31. The second-order valence-corrected chi connectivity index (χ2v) is 6.77. The monoisotopic (exact) mass is 414 g/mol. The third-order valence-corrected chi connectivity index (χ3v) is 4.84. The number of methoxy groups -OCH3 is 2. The van der Waals surface area contributed by atoms with E-state index in [2.05, 4.69) is 0 Å². The third-order valence-electron chi connectivity index (χ3n) is 4.84. The Morgan fingerprint density at radius 2 is 1.58 bits per heavy atom. The van der Waals surface area contributed by atoms with E-state index in [0.717, 1.165) is 22.5 Å². The lowest BCUT2D eigenvalue weighted by Crippen LogP contribution is -2.08. The molecule has 4 aromatic rings. The summed E-state index contributed by atoms with van der Waals surface area (Å²) in [4.78, 5) is 12.8. The molecule has 3 aromatic carbocycles. The lowest BCUT2D eigenvalue weighted by atomic mass is 10.1. The first-order valence-corrected chi connectivity index (χ1v) is 9.78. The van der Waals surface area contributed by atoms with Crippen molar-refractivity contribution < 1.29 is 19.0 Å². The van der Waals surface area contributed by atoms with Crippen molar-refractivity contribution in [1.29, 1.82) is 0 Å². The number of nitrogens with zero attached hydrogens (tertiary/aromatic N) is 2. The second kappa shape index (κ2) is 9.17. The SMILES string of the molecule is COc1cccc(C(=O)OCc2cn(-c3ccccc3)nc2-c2ccccc2)c1OC. The van der Waals surface area contributed by atoms with Gasteiger partial charge in [-0.25, -0.2) is 9.48 Å². The topological polar surface area (TPSA) is 62.6 Å². The minimum absolute atomic E-state index is 0.0657. The highest BCUT2D eigenvalue weighted by molar-refractivity contribution is 5.93. The Bertz CT molecular complexity index is 1170. The van der Waals surface area contributed by atoms with Crippen molar-refractivity contribution in [3.8, 4) is 28.4 Å². The predicted octanol–water partition coefficient (Wildman–Crippen LogP) is 4.91. The molecule has 0 unspecified atom stereocenters. The van der Waals surface area contributed by atoms with E-state index in [4.69, 9.17) is 19.3 Å². The molecule has 156 valence electrons. The van der Waals surface area contributed by atoms with Gasteiger partial charge in [-0.15, -0.1) is 0 Å². The van der Waals surface area contributed by atoms with Crippen molar-refractivity contribution in [3.05, 3.63) is 96.2 Å². The first kappa shape index (κ1) is 20.2. The molecule has 0 spiro atoms. The maximum absolute atomic E-state index is 12.8. The lowest BCUT2D eigenvalue weighted by molar-refractivity contribution is 0.0469. The van der Waals surface area contributed by atoms with E-state index < -0.39 is 5.97 Å². The van der Waals surface area contributed by atoms with Crippen molar-refractivity contribution in [3.63, 3.8) is 0 Å². The van der Waals surface area contributed by atoms with Gasteiger partial charge in [0.15, 0.2) is 11.5 Å². The molecule has 6 heteroatoms. The minimum Gasteiger partial charge on any atom is -0.493 e. The third kappa shape index (κ3) is 4.28. The summed E-state index contributed by atoms with van der Waals surface area (Å²) in [6.07, 6.45) is 1.88. The molecular weight excluding hydrogens is 392 g/mol. The molecule has 0 saturated carbocycles. The van der Waals surface area contributed by atoms with E-state index in [1.165, 1.54) is 14.2 Å². The molecule has 4 rings (SSSR count). The Balaban J connectivity index is 1.64. The van der Waals surface area contributed by atoms with Gasteiger partial charge in [-0.3, -0.25) is 0 Å². The van der Waals surface area contributed by atoms with Crippen LogP contribution in [0, 0.1) is 0 Å². The summed E-state index contributed by atoms with van der Waals surface area (Å²) in [5.41, 5.74) is 3.73. The molecule has 0 N–H and O–H groups in total. The fourth-order valence-electron chi connectivity index (χ4n) is 3.34. The molecule has 1 aromatic heterocycles. The molecule has 0 aliphatic rings. The van der Waals surface area contributed by atoms with Gasteiger partial charge in [0.25, 0.3) is 0 Å². The summed E-state index contributed by atoms with van der Waals surface area (Å²) in [5, 5.41) is 4.74. The fraction of sp³-hybridized carbons (Fsp3) is 0.120. The molecule has 0 amide bonds. The summed E-state index contributed by atoms with van der Waals surface area (Å²) >= 11 is 0. The first-order valence-electron chi connectivity index (χ1n) is 9.78. The molecule has 0 saturated heterocycles. The number of carbonyl (C=O) groups excluding carboxylic acids is 1. The Morgan fingerprint density at radius 3 is 2.26 bits per heavy atom. The molecule has 0 aliphatic heterocycles. The van der Waals surface area contributed by atoms with Crippen molar-refractivity contribution in [2.75, 3.05) is 14.2 Å². The number of aromatic nitrogens is 2. The Kier molecular flexibility index (Phi) is 5.98. The van der Waals surface area contributed by atoms with Gasteiger partial charge in [0, 0.05) is 17.3 Å². The molecule has 0 atom stereocenters. The minimum atomic E-state index is -0.498. The summed E-state index contributed by atoms with van der Waals surface area (Å²) in [6.45, 7) is 0.0657. The number of benzene rings is 3. The van der Waals surface area contributed by atoms with Crippen LogP contribution in [0.3, 0.4) is 0 Å². The first-order chi connectivity index (χ1) is 15.2. The molecular formula is C25H22N2O4. The van der Waals surface area contributed by atoms with E-state index in [1.54, 1.807) is 22.9 Å². The average molecular weight is 414 g/mol. The molecule has 31 heavy (non-hydrogen) atoms. The van der Waals surface area contributed by atoms with Gasteiger partial charge in [0.05, 0.1) is 25.6 Å². The maximum Gasteiger partial charge on any atom is 0.342 e. The van der Waals surface area contributed by atoms with E-state index >= 15 is 0 Å². The van der Waals surface area contributed by atoms with Crippen LogP contribution in [0.15, 0.2) is 85.1 Å². The molecule has 0 aliphatic carbocycles. The van der Waals surface area contributed by atoms with Crippen LogP contribution in [-0.4, -0.2) is 30.0 Å². The zero-order valence-corrected chi connectivity index (χ0v) is 17.3. The van der Waals surface area contributed by atoms with Crippen LogP contribution < -0.4 is 9.47 Å². The smallest absolute Gasteiger partial charge is 0.342 e. The van der Waals surface area contributed by atoms with E-state index in [9.17, 15) is 4.79 Å². The fourth-order valence-corrected chi connectivity index (χ4v) is 3.34. The summed E-state index contributed by atoms with van der Waals surface area (Å²) in [7, 11) is 3.02. The van der Waals surface area contributed by atoms with Crippen molar-refractivity contribution in [1.82, 2.24) is 9.78 Å². The van der Waals surface area contributed by atoms with Gasteiger partial charge in [0.1, 0.15) is 12.2 Å². The predicted molar refractivity (Wildman–Crippen MR) is 118 cm³/mol. The highest BCUT2D eigenvalue weighted by Gasteiger charge is 2.19. The summed E-state index contributed by atoms with van der Waals surface area (Å²) in [6, 6.07) is 24.7. The van der Waals surface area contributed by atoms with Crippen LogP contribution in [0.4, 0.5) is 0 Å². The zero-order chi connectivity index (χ0) is 21.6. The van der Waals surface area contributed by atoms with Crippen LogP contribution >= 0.6 is 0 Å². The van der Waals surface area contributed by atoms with Gasteiger partial charge in [-0.1, -0.05) is 54.6 Å². The van der Waals surface area contributed by atoms with Crippen LogP contribution in [-0.2, 0) is 11.3 Å². The largest absolute Gasteiger partial charge is 0.493 e. The second-order valence-electron chi connectivity index (χ2n) is 6.77.